The molecule has 1 aromatic rings. The van der Waals surface area contributed by atoms with Gasteiger partial charge in [-0.2, -0.15) is 0 Å². The van der Waals surface area contributed by atoms with Gasteiger partial charge in [0.2, 0.25) is 8.32 Å². The number of amides is 1. The van der Waals surface area contributed by atoms with Crippen molar-refractivity contribution in [1.29, 1.82) is 0 Å². The van der Waals surface area contributed by atoms with Crippen molar-refractivity contribution in [2.45, 2.75) is 32.7 Å². The smallest absolute Gasteiger partial charge is 0.274 e. The van der Waals surface area contributed by atoms with Gasteiger partial charge < -0.3 is 9.16 Å². The summed E-state index contributed by atoms with van der Waals surface area (Å²) in [6.07, 6.45) is -0.626. The van der Waals surface area contributed by atoms with E-state index in [-0.39, 0.29) is 5.91 Å². The van der Waals surface area contributed by atoms with Crippen LogP contribution >= 0.6 is 0 Å². The zero-order chi connectivity index (χ0) is 13.8. The molecular weight excluding hydrogens is 248 g/mol. The molecule has 0 radical (unpaired) electrons. The van der Waals surface area contributed by atoms with Gasteiger partial charge in [0, 0.05) is 0 Å². The number of carbonyl (C=O) groups excluding carboxylic acids is 1. The van der Waals surface area contributed by atoms with Crippen LogP contribution in [0.5, 0.6) is 11.5 Å². The van der Waals surface area contributed by atoms with Crippen molar-refractivity contribution in [3.63, 3.8) is 0 Å². The summed E-state index contributed by atoms with van der Waals surface area (Å²) in [5.41, 5.74) is 2.04. The van der Waals surface area contributed by atoms with Crippen LogP contribution in [0.4, 0.5) is 0 Å². The van der Waals surface area contributed by atoms with Crippen LogP contribution in [-0.2, 0) is 4.79 Å². The molecular formula is C12H20N2O3Si. The Morgan fingerprint density at radius 3 is 2.17 bits per heavy atom. The third-order valence-electron chi connectivity index (χ3n) is 2.07. The lowest BCUT2D eigenvalue weighted by Crippen LogP contribution is -2.40. The molecule has 0 aromatic heterocycles. The van der Waals surface area contributed by atoms with Gasteiger partial charge in [0.05, 0.1) is 0 Å². The van der Waals surface area contributed by atoms with Gasteiger partial charge in [0.25, 0.3) is 5.91 Å². The van der Waals surface area contributed by atoms with Gasteiger partial charge in [0.1, 0.15) is 11.5 Å². The lowest BCUT2D eigenvalue weighted by molar-refractivity contribution is -0.127. The number of rotatable bonds is 5. The summed E-state index contributed by atoms with van der Waals surface area (Å²) >= 11 is 0. The van der Waals surface area contributed by atoms with Gasteiger partial charge >= 0.3 is 0 Å². The first-order valence-electron chi connectivity index (χ1n) is 5.78. The van der Waals surface area contributed by atoms with Crippen LogP contribution in [0.2, 0.25) is 19.6 Å². The third-order valence-corrected chi connectivity index (χ3v) is 2.92. The zero-order valence-corrected chi connectivity index (χ0v) is 12.2. The first kappa shape index (κ1) is 14.5. The van der Waals surface area contributed by atoms with Gasteiger partial charge in [-0.15, -0.1) is 0 Å². The summed E-state index contributed by atoms with van der Waals surface area (Å²) in [6.45, 7) is 7.98. The van der Waals surface area contributed by atoms with E-state index >= 15 is 0 Å². The minimum Gasteiger partial charge on any atom is -0.544 e. The zero-order valence-electron chi connectivity index (χ0n) is 11.2. The van der Waals surface area contributed by atoms with Crippen LogP contribution in [-0.4, -0.2) is 20.3 Å². The minimum absolute atomic E-state index is 0.363. The third kappa shape index (κ3) is 4.76. The predicted molar refractivity (Wildman–Crippen MR) is 72.8 cm³/mol. The molecule has 0 saturated heterocycles. The van der Waals surface area contributed by atoms with Crippen LogP contribution in [0.25, 0.3) is 0 Å². The van der Waals surface area contributed by atoms with Crippen molar-refractivity contribution in [2.24, 2.45) is 5.84 Å². The van der Waals surface area contributed by atoms with E-state index in [1.54, 1.807) is 19.1 Å². The quantitative estimate of drug-likeness (QED) is 0.369. The summed E-state index contributed by atoms with van der Waals surface area (Å²) in [5, 5.41) is 0. The molecule has 0 aliphatic rings. The first-order chi connectivity index (χ1) is 8.31. The number of ether oxygens (including phenoxy) is 1. The van der Waals surface area contributed by atoms with E-state index < -0.39 is 14.4 Å². The van der Waals surface area contributed by atoms with Crippen molar-refractivity contribution >= 4 is 14.2 Å². The molecule has 0 heterocycles. The maximum Gasteiger partial charge on any atom is 0.274 e. The molecule has 18 heavy (non-hydrogen) atoms. The Kier molecular flexibility index (Phi) is 4.74. The fourth-order valence-electron chi connectivity index (χ4n) is 1.31. The molecule has 100 valence electrons. The Labute approximate surface area is 108 Å². The van der Waals surface area contributed by atoms with Gasteiger partial charge in [0.15, 0.2) is 6.10 Å². The molecule has 0 bridgehead atoms. The van der Waals surface area contributed by atoms with Gasteiger partial charge in [-0.25, -0.2) is 5.84 Å². The molecule has 1 atom stereocenters. The molecule has 1 rings (SSSR count). The Hall–Kier alpha value is -1.53. The highest BCUT2D eigenvalue weighted by molar-refractivity contribution is 6.70. The lowest BCUT2D eigenvalue weighted by atomic mass is 10.3. The van der Waals surface area contributed by atoms with Gasteiger partial charge in [-0.3, -0.25) is 10.2 Å². The predicted octanol–water partition coefficient (Wildman–Crippen LogP) is 1.66. The molecule has 0 spiro atoms. The molecule has 0 unspecified atom stereocenters. The highest BCUT2D eigenvalue weighted by Gasteiger charge is 2.16. The summed E-state index contributed by atoms with van der Waals surface area (Å²) in [6, 6.07) is 7.22. The van der Waals surface area contributed by atoms with Crippen molar-refractivity contribution < 1.29 is 14.0 Å². The number of nitrogens with one attached hydrogen (secondary N) is 1. The van der Waals surface area contributed by atoms with Crippen molar-refractivity contribution in [3.05, 3.63) is 24.3 Å². The molecule has 0 aliphatic heterocycles. The standard InChI is InChI=1S/C12H20N2O3Si/c1-9(12(15)14-13)16-10-5-7-11(8-6-10)17-18(2,3)4/h5-9H,13H2,1-4H3,(H,14,15)/t9-/m1/s1. The maximum absolute atomic E-state index is 11.2. The maximum atomic E-state index is 11.2. The van der Waals surface area contributed by atoms with Crippen LogP contribution in [0.3, 0.4) is 0 Å². The highest BCUT2D eigenvalue weighted by atomic mass is 28.4. The van der Waals surface area contributed by atoms with Crippen molar-refractivity contribution in [2.75, 3.05) is 0 Å². The first-order valence-corrected chi connectivity index (χ1v) is 9.19. The molecule has 3 N–H and O–H groups in total. The molecule has 0 aliphatic carbocycles. The Morgan fingerprint density at radius 2 is 1.72 bits per heavy atom. The largest absolute Gasteiger partial charge is 0.544 e. The second kappa shape index (κ2) is 5.88. The number of hydrogen-bond acceptors (Lipinski definition) is 4. The second-order valence-electron chi connectivity index (χ2n) is 4.95. The fraction of sp³-hybridized carbons (Fsp3) is 0.417. The Morgan fingerprint density at radius 1 is 1.22 bits per heavy atom. The van der Waals surface area contributed by atoms with Gasteiger partial charge in [-0.1, -0.05) is 0 Å². The number of carbonyl (C=O) groups is 1. The van der Waals surface area contributed by atoms with E-state index in [1.807, 2.05) is 17.6 Å². The molecule has 5 nitrogen and oxygen atoms in total. The molecule has 0 saturated carbocycles. The van der Waals surface area contributed by atoms with E-state index in [9.17, 15) is 4.79 Å². The average molecular weight is 268 g/mol. The topological polar surface area (TPSA) is 73.6 Å². The average Bonchev–Trinajstić information content (AvgIpc) is 2.28. The van der Waals surface area contributed by atoms with E-state index in [0.29, 0.717) is 5.75 Å². The summed E-state index contributed by atoms with van der Waals surface area (Å²) in [4.78, 5) is 11.2. The second-order valence-corrected chi connectivity index (χ2v) is 9.38. The van der Waals surface area contributed by atoms with Crippen LogP contribution in [0.1, 0.15) is 6.92 Å². The van der Waals surface area contributed by atoms with E-state index in [1.165, 1.54) is 0 Å². The van der Waals surface area contributed by atoms with E-state index in [0.717, 1.165) is 5.75 Å². The Balaban J connectivity index is 2.63. The number of hydrogen-bond donors (Lipinski definition) is 2. The molecule has 1 aromatic carbocycles. The number of hydrazine groups is 1. The molecule has 6 heteroatoms. The number of benzene rings is 1. The molecule has 1 amide bonds. The SMILES string of the molecule is C[C@@H](Oc1ccc(O[Si](C)(C)C)cc1)C(=O)NN. The highest BCUT2D eigenvalue weighted by Crippen LogP contribution is 2.21. The van der Waals surface area contributed by atoms with Crippen LogP contribution in [0, 0.1) is 0 Å². The fourth-order valence-corrected chi connectivity index (χ4v) is 2.16. The lowest BCUT2D eigenvalue weighted by Gasteiger charge is -2.19. The Bertz CT molecular complexity index is 401. The van der Waals surface area contributed by atoms with E-state index in [2.05, 4.69) is 19.6 Å². The molecule has 0 fully saturated rings. The van der Waals surface area contributed by atoms with Gasteiger partial charge in [-0.05, 0) is 50.8 Å². The monoisotopic (exact) mass is 268 g/mol. The van der Waals surface area contributed by atoms with Crippen molar-refractivity contribution in [3.8, 4) is 11.5 Å². The minimum atomic E-state index is -1.59. The normalized spacial score (nSPS) is 12.7. The van der Waals surface area contributed by atoms with Crippen LogP contribution < -0.4 is 20.4 Å². The van der Waals surface area contributed by atoms with Crippen molar-refractivity contribution in [1.82, 2.24) is 5.43 Å². The summed E-state index contributed by atoms with van der Waals surface area (Å²) in [5.74, 6) is 6.08. The summed E-state index contributed by atoms with van der Waals surface area (Å²) in [7, 11) is -1.59. The van der Waals surface area contributed by atoms with E-state index in [4.69, 9.17) is 15.0 Å². The summed E-state index contributed by atoms with van der Waals surface area (Å²) < 4.78 is 11.2. The van der Waals surface area contributed by atoms with Crippen LogP contribution in [0.15, 0.2) is 24.3 Å². The number of nitrogens with two attached hydrogens (primary N) is 1.